The standard InChI is InChI=1S/C24H25N3O5/c1-3-13-27-21(25)20(22(29)26(2)24(27)31)19(28)15-32-23(30)18-12-8-7-11-17(18)14-16-9-5-4-6-10-16/h4-12H,3,13-15,25H2,1-2H3. The maximum atomic E-state index is 12.7. The minimum Gasteiger partial charge on any atom is -0.454 e. The topological polar surface area (TPSA) is 113 Å². The minimum atomic E-state index is -0.814. The average molecular weight is 435 g/mol. The molecule has 1 heterocycles. The van der Waals surface area contributed by atoms with Gasteiger partial charge in [0.2, 0.25) is 5.78 Å². The van der Waals surface area contributed by atoms with Crippen LogP contribution in [0.1, 0.15) is 45.2 Å². The molecule has 0 bridgehead atoms. The monoisotopic (exact) mass is 435 g/mol. The molecule has 8 nitrogen and oxygen atoms in total. The Morgan fingerprint density at radius 1 is 1.00 bits per heavy atom. The number of ketones is 1. The SMILES string of the molecule is CCCn1c(N)c(C(=O)COC(=O)c2ccccc2Cc2ccccc2)c(=O)n(C)c1=O. The molecule has 1 aromatic heterocycles. The number of aromatic nitrogens is 2. The summed E-state index contributed by atoms with van der Waals surface area (Å²) in [7, 11) is 1.28. The van der Waals surface area contributed by atoms with Gasteiger partial charge in [-0.2, -0.15) is 0 Å². The van der Waals surface area contributed by atoms with Crippen molar-refractivity contribution in [3.8, 4) is 0 Å². The number of benzene rings is 2. The lowest BCUT2D eigenvalue weighted by molar-refractivity contribution is 0.0473. The first kappa shape index (κ1) is 22.7. The van der Waals surface area contributed by atoms with Crippen molar-refractivity contribution in [1.29, 1.82) is 0 Å². The molecule has 32 heavy (non-hydrogen) atoms. The molecular formula is C24H25N3O5. The van der Waals surface area contributed by atoms with Crippen LogP contribution in [0.3, 0.4) is 0 Å². The zero-order valence-electron chi connectivity index (χ0n) is 18.0. The van der Waals surface area contributed by atoms with Crippen molar-refractivity contribution in [2.24, 2.45) is 7.05 Å². The van der Waals surface area contributed by atoms with Crippen molar-refractivity contribution in [2.45, 2.75) is 26.3 Å². The Morgan fingerprint density at radius 3 is 2.34 bits per heavy atom. The van der Waals surface area contributed by atoms with Gasteiger partial charge in [-0.25, -0.2) is 9.59 Å². The predicted molar refractivity (Wildman–Crippen MR) is 121 cm³/mol. The van der Waals surface area contributed by atoms with Crippen molar-refractivity contribution >= 4 is 17.6 Å². The molecule has 8 heteroatoms. The van der Waals surface area contributed by atoms with Gasteiger partial charge in [-0.05, 0) is 30.0 Å². The van der Waals surface area contributed by atoms with E-state index in [1.165, 1.54) is 11.6 Å². The highest BCUT2D eigenvalue weighted by atomic mass is 16.5. The van der Waals surface area contributed by atoms with E-state index in [4.69, 9.17) is 10.5 Å². The highest BCUT2D eigenvalue weighted by Gasteiger charge is 2.23. The fourth-order valence-corrected chi connectivity index (χ4v) is 3.46. The third-order valence-corrected chi connectivity index (χ3v) is 5.12. The second kappa shape index (κ2) is 9.91. The molecule has 0 fully saturated rings. The highest BCUT2D eigenvalue weighted by Crippen LogP contribution is 2.16. The van der Waals surface area contributed by atoms with Crippen LogP contribution in [0.2, 0.25) is 0 Å². The van der Waals surface area contributed by atoms with Crippen LogP contribution >= 0.6 is 0 Å². The number of nitrogens with two attached hydrogens (primary N) is 1. The van der Waals surface area contributed by atoms with E-state index in [2.05, 4.69) is 0 Å². The quantitative estimate of drug-likeness (QED) is 0.429. The summed E-state index contributed by atoms with van der Waals surface area (Å²) in [6, 6.07) is 16.6. The zero-order chi connectivity index (χ0) is 23.3. The third-order valence-electron chi connectivity index (χ3n) is 5.12. The first-order valence-corrected chi connectivity index (χ1v) is 10.3. The summed E-state index contributed by atoms with van der Waals surface area (Å²) in [5, 5.41) is 0. The summed E-state index contributed by atoms with van der Waals surface area (Å²) in [6.45, 7) is 1.43. The fourth-order valence-electron chi connectivity index (χ4n) is 3.46. The Morgan fingerprint density at radius 2 is 1.66 bits per heavy atom. The number of carbonyl (C=O) groups excluding carboxylic acids is 2. The van der Waals surface area contributed by atoms with Crippen LogP contribution < -0.4 is 17.0 Å². The number of carbonyl (C=O) groups is 2. The van der Waals surface area contributed by atoms with Crippen molar-refractivity contribution in [2.75, 3.05) is 12.3 Å². The molecule has 0 atom stereocenters. The largest absolute Gasteiger partial charge is 0.454 e. The second-order valence-corrected chi connectivity index (χ2v) is 7.38. The normalized spacial score (nSPS) is 10.7. The van der Waals surface area contributed by atoms with E-state index in [0.29, 0.717) is 18.4 Å². The van der Waals surface area contributed by atoms with Crippen LogP contribution in [0.15, 0.2) is 64.2 Å². The van der Waals surface area contributed by atoms with Crippen molar-refractivity contribution < 1.29 is 14.3 Å². The van der Waals surface area contributed by atoms with E-state index in [1.807, 2.05) is 49.4 Å². The average Bonchev–Trinajstić information content (AvgIpc) is 2.80. The molecule has 0 aliphatic heterocycles. The third kappa shape index (κ3) is 4.69. The highest BCUT2D eigenvalue weighted by molar-refractivity contribution is 6.02. The number of anilines is 1. The molecule has 0 aliphatic carbocycles. The molecule has 3 rings (SSSR count). The molecule has 0 spiro atoms. The maximum absolute atomic E-state index is 12.7. The zero-order valence-corrected chi connectivity index (χ0v) is 18.0. The number of nitrogens with zero attached hydrogens (tertiary/aromatic N) is 2. The van der Waals surface area contributed by atoms with Crippen molar-refractivity contribution in [1.82, 2.24) is 9.13 Å². The second-order valence-electron chi connectivity index (χ2n) is 7.38. The molecule has 2 aromatic carbocycles. The van der Waals surface area contributed by atoms with Crippen molar-refractivity contribution in [3.05, 3.63) is 97.7 Å². The van der Waals surface area contributed by atoms with E-state index in [9.17, 15) is 19.2 Å². The lowest BCUT2D eigenvalue weighted by Crippen LogP contribution is -2.43. The number of ether oxygens (including phenoxy) is 1. The molecule has 0 radical (unpaired) electrons. The summed E-state index contributed by atoms with van der Waals surface area (Å²) in [4.78, 5) is 50.2. The van der Waals surface area contributed by atoms with Gasteiger partial charge in [-0.15, -0.1) is 0 Å². The molecular weight excluding hydrogens is 410 g/mol. The van der Waals surface area contributed by atoms with Gasteiger partial charge >= 0.3 is 11.7 Å². The number of hydrogen-bond donors (Lipinski definition) is 1. The maximum Gasteiger partial charge on any atom is 0.338 e. The molecule has 0 saturated carbocycles. The fraction of sp³-hybridized carbons (Fsp3) is 0.250. The van der Waals surface area contributed by atoms with Crippen LogP contribution in [0.5, 0.6) is 0 Å². The Kier molecular flexibility index (Phi) is 7.04. The van der Waals surface area contributed by atoms with Gasteiger partial charge in [-0.3, -0.25) is 18.7 Å². The molecule has 2 N–H and O–H groups in total. The smallest absolute Gasteiger partial charge is 0.338 e. The lowest BCUT2D eigenvalue weighted by Gasteiger charge is -2.14. The Labute approximate surface area is 184 Å². The van der Waals surface area contributed by atoms with Gasteiger partial charge in [0.25, 0.3) is 5.56 Å². The first-order valence-electron chi connectivity index (χ1n) is 10.3. The summed E-state index contributed by atoms with van der Waals surface area (Å²) in [5.41, 5.74) is 6.30. The summed E-state index contributed by atoms with van der Waals surface area (Å²) >= 11 is 0. The number of hydrogen-bond acceptors (Lipinski definition) is 6. The lowest BCUT2D eigenvalue weighted by atomic mass is 10.00. The Balaban J connectivity index is 1.82. The minimum absolute atomic E-state index is 0.217. The first-order chi connectivity index (χ1) is 15.3. The van der Waals surface area contributed by atoms with Gasteiger partial charge in [0.05, 0.1) is 5.56 Å². The van der Waals surface area contributed by atoms with Crippen LogP contribution in [-0.4, -0.2) is 27.5 Å². The number of Topliss-reactive ketones (excluding diaryl/α,β-unsaturated/α-hetero) is 1. The van der Waals surface area contributed by atoms with Crippen LogP contribution in [0.25, 0.3) is 0 Å². The Hall–Kier alpha value is -3.94. The predicted octanol–water partition coefficient (Wildman–Crippen LogP) is 2.17. The van der Waals surface area contributed by atoms with E-state index >= 15 is 0 Å². The van der Waals surface area contributed by atoms with Crippen LogP contribution in [0.4, 0.5) is 5.82 Å². The molecule has 0 amide bonds. The van der Waals surface area contributed by atoms with E-state index < -0.39 is 29.6 Å². The van der Waals surface area contributed by atoms with Crippen molar-refractivity contribution in [3.63, 3.8) is 0 Å². The summed E-state index contributed by atoms with van der Waals surface area (Å²) in [5.74, 6) is -1.66. The van der Waals surface area contributed by atoms with E-state index in [-0.39, 0.29) is 17.9 Å². The number of nitrogen functional groups attached to an aromatic ring is 1. The van der Waals surface area contributed by atoms with E-state index in [0.717, 1.165) is 15.7 Å². The molecule has 0 unspecified atom stereocenters. The summed E-state index contributed by atoms with van der Waals surface area (Å²) in [6.07, 6.45) is 1.11. The number of rotatable bonds is 8. The van der Waals surface area contributed by atoms with Gasteiger partial charge in [0.1, 0.15) is 11.4 Å². The van der Waals surface area contributed by atoms with Crippen LogP contribution in [-0.2, 0) is 24.8 Å². The molecule has 166 valence electrons. The molecule has 0 aliphatic rings. The Bertz CT molecular complexity index is 1260. The number of esters is 1. The summed E-state index contributed by atoms with van der Waals surface area (Å²) < 4.78 is 7.22. The van der Waals surface area contributed by atoms with Gasteiger partial charge < -0.3 is 10.5 Å². The van der Waals surface area contributed by atoms with Gasteiger partial charge in [0, 0.05) is 13.6 Å². The molecule has 3 aromatic rings. The van der Waals surface area contributed by atoms with Crippen LogP contribution in [0, 0.1) is 0 Å². The van der Waals surface area contributed by atoms with E-state index in [1.54, 1.807) is 12.1 Å². The van der Waals surface area contributed by atoms with Gasteiger partial charge in [0.15, 0.2) is 6.61 Å². The molecule has 0 saturated heterocycles. The van der Waals surface area contributed by atoms with Gasteiger partial charge in [-0.1, -0.05) is 55.5 Å².